The van der Waals surface area contributed by atoms with Gasteiger partial charge < -0.3 is 10.4 Å². The van der Waals surface area contributed by atoms with Crippen LogP contribution in [-0.4, -0.2) is 21.6 Å². The van der Waals surface area contributed by atoms with Gasteiger partial charge in [-0.05, 0) is 105 Å². The Bertz CT molecular complexity index is 940. The van der Waals surface area contributed by atoms with E-state index in [2.05, 4.69) is 36.3 Å². The second-order valence-electron chi connectivity index (χ2n) is 9.34. The van der Waals surface area contributed by atoms with Gasteiger partial charge in [0.1, 0.15) is 0 Å². The fourth-order valence-corrected chi connectivity index (χ4v) is 5.90. The highest BCUT2D eigenvalue weighted by atomic mass is 16.3. The molecule has 0 radical (unpaired) electrons. The van der Waals surface area contributed by atoms with Gasteiger partial charge in [0.05, 0.1) is 17.0 Å². The van der Waals surface area contributed by atoms with Gasteiger partial charge in [-0.15, -0.1) is 0 Å². The van der Waals surface area contributed by atoms with E-state index in [1.807, 2.05) is 25.1 Å². The number of aryl methyl sites for hydroxylation is 2. The molecule has 1 saturated carbocycles. The van der Waals surface area contributed by atoms with E-state index in [4.69, 9.17) is 0 Å². The van der Waals surface area contributed by atoms with Gasteiger partial charge >= 0.3 is 0 Å². The number of nitrogens with one attached hydrogen (secondary N) is 1. The maximum absolute atomic E-state index is 12.9. The molecule has 160 valence electrons. The van der Waals surface area contributed by atoms with Crippen molar-refractivity contribution >= 4 is 11.6 Å². The summed E-state index contributed by atoms with van der Waals surface area (Å²) in [7, 11) is 0. The summed E-state index contributed by atoms with van der Waals surface area (Å²) in [4.78, 5) is 17.2. The lowest BCUT2D eigenvalue weighted by Crippen LogP contribution is -2.47. The average molecular weight is 407 g/mol. The Hall–Kier alpha value is -2.20. The molecule has 0 saturated heterocycles. The molecule has 1 heterocycles. The molecule has 1 amide bonds. The summed E-state index contributed by atoms with van der Waals surface area (Å²) in [6, 6.07) is 10.0. The Labute approximate surface area is 180 Å². The first-order valence-electron chi connectivity index (χ1n) is 11.5. The molecule has 4 nitrogen and oxygen atoms in total. The van der Waals surface area contributed by atoms with Crippen LogP contribution >= 0.6 is 0 Å². The summed E-state index contributed by atoms with van der Waals surface area (Å²) in [5, 5.41) is 14.0. The quantitative estimate of drug-likeness (QED) is 0.698. The highest BCUT2D eigenvalue weighted by molar-refractivity contribution is 6.04. The molecule has 1 aromatic carbocycles. The third-order valence-corrected chi connectivity index (χ3v) is 7.89. The maximum atomic E-state index is 12.9. The van der Waals surface area contributed by atoms with Crippen LogP contribution in [0.4, 0.5) is 5.69 Å². The van der Waals surface area contributed by atoms with Crippen LogP contribution in [0.1, 0.15) is 86.0 Å². The number of aromatic nitrogens is 1. The normalized spacial score (nSPS) is 28.2. The summed E-state index contributed by atoms with van der Waals surface area (Å²) in [6.45, 7) is 6.31. The number of aliphatic hydroxyl groups is 1. The molecule has 1 fully saturated rings. The number of anilines is 1. The van der Waals surface area contributed by atoms with Crippen LogP contribution in [0, 0.1) is 12.8 Å². The predicted octanol–water partition coefficient (Wildman–Crippen LogP) is 5.57. The zero-order chi connectivity index (χ0) is 21.4. The molecule has 1 aromatic heterocycles. The lowest BCUT2D eigenvalue weighted by atomic mass is 9.56. The van der Waals surface area contributed by atoms with E-state index in [1.165, 1.54) is 11.1 Å². The predicted molar refractivity (Wildman–Crippen MR) is 121 cm³/mol. The fourth-order valence-electron chi connectivity index (χ4n) is 5.90. The number of nitrogens with zero attached hydrogens (tertiary/aromatic N) is 1. The van der Waals surface area contributed by atoms with Gasteiger partial charge in [0.2, 0.25) is 0 Å². The van der Waals surface area contributed by atoms with Crippen molar-refractivity contribution < 1.29 is 9.90 Å². The van der Waals surface area contributed by atoms with Gasteiger partial charge in [-0.25, -0.2) is 0 Å². The Morgan fingerprint density at radius 1 is 1.23 bits per heavy atom. The summed E-state index contributed by atoms with van der Waals surface area (Å²) >= 11 is 0. The Morgan fingerprint density at radius 2 is 2.07 bits per heavy atom. The number of fused-ring (bicyclic) bond motifs is 3. The maximum Gasteiger partial charge on any atom is 0.255 e. The van der Waals surface area contributed by atoms with E-state index in [-0.39, 0.29) is 11.3 Å². The molecule has 2 aliphatic rings. The summed E-state index contributed by atoms with van der Waals surface area (Å²) in [5.74, 6) is 0.435. The molecule has 0 bridgehead atoms. The van der Waals surface area contributed by atoms with Gasteiger partial charge in [-0.1, -0.05) is 19.9 Å². The lowest BCUT2D eigenvalue weighted by Gasteiger charge is -2.50. The minimum Gasteiger partial charge on any atom is -0.390 e. The monoisotopic (exact) mass is 406 g/mol. The lowest BCUT2D eigenvalue weighted by molar-refractivity contribution is -0.0505. The number of rotatable bonds is 4. The van der Waals surface area contributed by atoms with Crippen LogP contribution in [0.3, 0.4) is 0 Å². The van der Waals surface area contributed by atoms with Crippen molar-refractivity contribution in [3.8, 4) is 0 Å². The molecule has 4 heteroatoms. The zero-order valence-electron chi connectivity index (χ0n) is 18.5. The average Bonchev–Trinajstić information content (AvgIpc) is 2.91. The number of pyridine rings is 1. The molecule has 30 heavy (non-hydrogen) atoms. The number of amides is 1. The molecule has 2 N–H and O–H groups in total. The van der Waals surface area contributed by atoms with Crippen molar-refractivity contribution in [3.63, 3.8) is 0 Å². The Balaban J connectivity index is 1.65. The van der Waals surface area contributed by atoms with Crippen molar-refractivity contribution in [1.29, 1.82) is 0 Å². The van der Waals surface area contributed by atoms with Gasteiger partial charge in [0.25, 0.3) is 5.91 Å². The van der Waals surface area contributed by atoms with E-state index in [0.717, 1.165) is 62.7 Å². The van der Waals surface area contributed by atoms with E-state index < -0.39 is 5.60 Å². The van der Waals surface area contributed by atoms with Gasteiger partial charge in [0.15, 0.2) is 0 Å². The molecule has 2 aliphatic carbocycles. The number of benzene rings is 1. The third kappa shape index (κ3) is 3.66. The first-order valence-corrected chi connectivity index (χ1v) is 11.5. The smallest absolute Gasteiger partial charge is 0.255 e. The van der Waals surface area contributed by atoms with Crippen molar-refractivity contribution in [3.05, 3.63) is 58.9 Å². The van der Waals surface area contributed by atoms with E-state index in [0.29, 0.717) is 11.5 Å². The second kappa shape index (κ2) is 8.14. The van der Waals surface area contributed by atoms with Gasteiger partial charge in [0, 0.05) is 11.8 Å². The number of hydrogen-bond donors (Lipinski definition) is 2. The first kappa shape index (κ1) is 21.0. The van der Waals surface area contributed by atoms with E-state index in [1.54, 1.807) is 6.20 Å². The topological polar surface area (TPSA) is 62.2 Å². The Kier molecular flexibility index (Phi) is 5.71. The van der Waals surface area contributed by atoms with Crippen molar-refractivity contribution in [2.24, 2.45) is 5.92 Å². The van der Waals surface area contributed by atoms with Gasteiger partial charge in [-0.3, -0.25) is 9.78 Å². The molecule has 0 spiro atoms. The van der Waals surface area contributed by atoms with Crippen molar-refractivity contribution in [1.82, 2.24) is 4.98 Å². The Morgan fingerprint density at radius 3 is 2.80 bits per heavy atom. The van der Waals surface area contributed by atoms with E-state index in [9.17, 15) is 9.90 Å². The summed E-state index contributed by atoms with van der Waals surface area (Å²) < 4.78 is 0. The summed E-state index contributed by atoms with van der Waals surface area (Å²) in [6.07, 6.45) is 9.74. The number of hydrogen-bond acceptors (Lipinski definition) is 3. The van der Waals surface area contributed by atoms with Crippen LogP contribution in [0.5, 0.6) is 0 Å². The van der Waals surface area contributed by atoms with Crippen LogP contribution in [-0.2, 0) is 11.8 Å². The molecule has 0 aliphatic heterocycles. The minimum atomic E-state index is -0.505. The molecular formula is C26H34N2O2. The largest absolute Gasteiger partial charge is 0.390 e. The molecule has 3 atom stereocenters. The second-order valence-corrected chi connectivity index (χ2v) is 9.34. The SMILES string of the molecule is CC[C@]1(O)CC[C@]2(CC)c3ccc(C(=O)Nc4cccnc4C)cc3CCC[C@@H]2C1. The van der Waals surface area contributed by atoms with Crippen molar-refractivity contribution in [2.75, 3.05) is 5.32 Å². The van der Waals surface area contributed by atoms with Gasteiger partial charge in [-0.2, -0.15) is 0 Å². The third-order valence-electron chi connectivity index (χ3n) is 7.89. The molecule has 0 unspecified atom stereocenters. The molecule has 2 aromatic rings. The summed E-state index contributed by atoms with van der Waals surface area (Å²) in [5.41, 5.74) is 4.64. The highest BCUT2D eigenvalue weighted by Gasteiger charge is 2.49. The van der Waals surface area contributed by atoms with Crippen LogP contribution in [0.15, 0.2) is 36.5 Å². The number of carbonyl (C=O) groups excluding carboxylic acids is 1. The van der Waals surface area contributed by atoms with Crippen LogP contribution in [0.2, 0.25) is 0 Å². The molecular weight excluding hydrogens is 372 g/mol. The highest BCUT2D eigenvalue weighted by Crippen LogP contribution is 2.54. The van der Waals surface area contributed by atoms with Crippen LogP contribution < -0.4 is 5.32 Å². The molecule has 4 rings (SSSR count). The fraction of sp³-hybridized carbons (Fsp3) is 0.538. The standard InChI is InChI=1S/C26H34N2O2/c1-4-25(30)13-14-26(5-2)21(17-25)9-6-8-19-16-20(11-12-22(19)26)24(29)28-23-10-7-15-27-18(23)3/h7,10-12,15-16,21,30H,4-6,8-9,13-14,17H2,1-3H3,(H,28,29)/t21-,25+,26+/m1/s1. The number of carbonyl (C=O) groups is 1. The van der Waals surface area contributed by atoms with Crippen molar-refractivity contribution in [2.45, 2.75) is 83.2 Å². The van der Waals surface area contributed by atoms with Crippen LogP contribution in [0.25, 0.3) is 0 Å². The zero-order valence-corrected chi connectivity index (χ0v) is 18.5. The first-order chi connectivity index (χ1) is 14.4. The minimum absolute atomic E-state index is 0.0794. The van der Waals surface area contributed by atoms with E-state index >= 15 is 0 Å².